The molecule has 30 heavy (non-hydrogen) atoms. The quantitative estimate of drug-likeness (QED) is 0.447. The van der Waals surface area contributed by atoms with E-state index in [1.165, 1.54) is 17.3 Å². The van der Waals surface area contributed by atoms with Gasteiger partial charge in [-0.15, -0.1) is 0 Å². The van der Waals surface area contributed by atoms with Crippen molar-refractivity contribution >= 4 is 40.3 Å². The number of carbonyl (C=O) groups is 1. The normalized spacial score (nSPS) is 16.7. The van der Waals surface area contributed by atoms with E-state index in [1.54, 1.807) is 4.90 Å². The lowest BCUT2D eigenvalue weighted by molar-refractivity contribution is -0.113. The molecule has 0 spiro atoms. The first-order valence-electron chi connectivity index (χ1n) is 9.95. The molecular weight excluding hydrogens is 388 g/mol. The second-order valence-corrected chi connectivity index (χ2v) is 8.59. The van der Waals surface area contributed by atoms with Crippen LogP contribution in [0, 0.1) is 27.7 Å². The zero-order valence-electron chi connectivity index (χ0n) is 17.6. The maximum absolute atomic E-state index is 13.5. The van der Waals surface area contributed by atoms with Crippen LogP contribution in [0.5, 0.6) is 0 Å². The van der Waals surface area contributed by atoms with Gasteiger partial charge in [-0.05, 0) is 79.9 Å². The fraction of sp³-hybridized carbons (Fsp3) is 0.154. The molecule has 0 N–H and O–H groups in total. The average molecular weight is 413 g/mol. The molecule has 0 radical (unpaired) electrons. The van der Waals surface area contributed by atoms with E-state index in [0.29, 0.717) is 10.1 Å². The van der Waals surface area contributed by atoms with Gasteiger partial charge in [0.25, 0.3) is 5.91 Å². The van der Waals surface area contributed by atoms with Crippen molar-refractivity contribution in [1.29, 1.82) is 0 Å². The predicted molar refractivity (Wildman–Crippen MR) is 128 cm³/mol. The van der Waals surface area contributed by atoms with Gasteiger partial charge in [0.1, 0.15) is 0 Å². The Balaban J connectivity index is 1.84. The largest absolute Gasteiger partial charge is 0.271 e. The molecule has 4 heteroatoms. The van der Waals surface area contributed by atoms with Gasteiger partial charge in [-0.3, -0.25) is 9.69 Å². The zero-order valence-corrected chi connectivity index (χ0v) is 18.5. The molecule has 1 saturated heterocycles. The summed E-state index contributed by atoms with van der Waals surface area (Å²) in [7, 11) is 0. The summed E-state index contributed by atoms with van der Waals surface area (Å²) in [5, 5.41) is 0.681. The molecule has 1 fully saturated rings. The van der Waals surface area contributed by atoms with Gasteiger partial charge < -0.3 is 0 Å². The van der Waals surface area contributed by atoms with Crippen LogP contribution in [0.15, 0.2) is 76.6 Å². The third-order valence-corrected chi connectivity index (χ3v) is 6.18. The van der Waals surface area contributed by atoms with Crippen LogP contribution < -0.4 is 4.90 Å². The number of rotatable bonds is 3. The lowest BCUT2D eigenvalue weighted by Gasteiger charge is -2.18. The Labute approximate surface area is 182 Å². The number of amides is 1. The number of para-hydroxylation sites is 2. The molecule has 150 valence electrons. The topological polar surface area (TPSA) is 32.7 Å². The van der Waals surface area contributed by atoms with Crippen molar-refractivity contribution in [1.82, 2.24) is 0 Å². The molecular formula is C26H24N2OS. The fourth-order valence-electron chi connectivity index (χ4n) is 3.42. The third kappa shape index (κ3) is 3.96. The third-order valence-electron chi connectivity index (χ3n) is 5.22. The number of amidine groups is 1. The highest BCUT2D eigenvalue weighted by molar-refractivity contribution is 8.19. The molecule has 1 aliphatic rings. The molecule has 0 bridgehead atoms. The Hall–Kier alpha value is -3.11. The van der Waals surface area contributed by atoms with Gasteiger partial charge >= 0.3 is 0 Å². The number of thioether (sulfide) groups is 1. The first-order chi connectivity index (χ1) is 14.4. The number of hydrogen-bond donors (Lipinski definition) is 0. The number of carbonyl (C=O) groups excluding carboxylic acids is 1. The second kappa shape index (κ2) is 8.33. The van der Waals surface area contributed by atoms with Crippen molar-refractivity contribution in [3.63, 3.8) is 0 Å². The van der Waals surface area contributed by atoms with Gasteiger partial charge in [-0.1, -0.05) is 60.2 Å². The summed E-state index contributed by atoms with van der Waals surface area (Å²) in [5.41, 5.74) is 7.24. The Morgan fingerprint density at radius 3 is 2.27 bits per heavy atom. The van der Waals surface area contributed by atoms with Gasteiger partial charge in [-0.25, -0.2) is 4.99 Å². The molecule has 1 aliphatic heterocycles. The van der Waals surface area contributed by atoms with E-state index < -0.39 is 0 Å². The Morgan fingerprint density at radius 2 is 1.53 bits per heavy atom. The lowest BCUT2D eigenvalue weighted by Crippen LogP contribution is -2.29. The summed E-state index contributed by atoms with van der Waals surface area (Å²) < 4.78 is 0. The lowest BCUT2D eigenvalue weighted by atomic mass is 10.1. The van der Waals surface area contributed by atoms with Gasteiger partial charge in [0.2, 0.25) is 0 Å². The Bertz CT molecular complexity index is 1190. The van der Waals surface area contributed by atoms with Crippen molar-refractivity contribution in [3.8, 4) is 0 Å². The van der Waals surface area contributed by atoms with Crippen LogP contribution in [0.25, 0.3) is 6.08 Å². The number of anilines is 1. The predicted octanol–water partition coefficient (Wildman–Crippen LogP) is 6.73. The standard InChI is InChI=1S/C26H24N2OS/c1-17-13-14-18(2)21(15-17)16-24-25(29)28(23-12-8-6-10-20(23)4)26(30-24)27-22-11-7-5-9-19(22)3/h5-16H,1-4H3/b24-16+,27-26?. The van der Waals surface area contributed by atoms with Crippen molar-refractivity contribution in [2.24, 2.45) is 4.99 Å². The van der Waals surface area contributed by atoms with Gasteiger partial charge in [0, 0.05) is 0 Å². The SMILES string of the molecule is Cc1ccc(C)c(/C=C2/SC(=Nc3ccccc3C)N(c3ccccc3C)C2=O)c1. The van der Waals surface area contributed by atoms with Crippen molar-refractivity contribution in [2.45, 2.75) is 27.7 Å². The summed E-state index contributed by atoms with van der Waals surface area (Å²) in [4.78, 5) is 20.8. The van der Waals surface area contributed by atoms with Crippen molar-refractivity contribution in [2.75, 3.05) is 4.90 Å². The van der Waals surface area contributed by atoms with E-state index in [-0.39, 0.29) is 5.91 Å². The summed E-state index contributed by atoms with van der Waals surface area (Å²) >= 11 is 1.43. The molecule has 0 aromatic heterocycles. The number of nitrogens with zero attached hydrogens (tertiary/aromatic N) is 2. The molecule has 3 aromatic carbocycles. The van der Waals surface area contributed by atoms with Crippen LogP contribution in [-0.4, -0.2) is 11.1 Å². The first kappa shape index (κ1) is 20.2. The van der Waals surface area contributed by atoms with E-state index in [0.717, 1.165) is 33.6 Å². The number of aryl methyl sites for hydroxylation is 4. The molecule has 0 unspecified atom stereocenters. The van der Waals surface area contributed by atoms with Crippen molar-refractivity contribution in [3.05, 3.63) is 99.5 Å². The minimum atomic E-state index is -0.0393. The molecule has 1 heterocycles. The van der Waals surface area contributed by atoms with Gasteiger partial charge in [-0.2, -0.15) is 0 Å². The van der Waals surface area contributed by atoms with E-state index in [1.807, 2.05) is 68.5 Å². The summed E-state index contributed by atoms with van der Waals surface area (Å²) in [6.07, 6.45) is 1.99. The van der Waals surface area contributed by atoms with E-state index in [4.69, 9.17) is 4.99 Å². The van der Waals surface area contributed by atoms with Crippen LogP contribution in [0.3, 0.4) is 0 Å². The maximum Gasteiger partial charge on any atom is 0.271 e. The van der Waals surface area contributed by atoms with E-state index >= 15 is 0 Å². The average Bonchev–Trinajstić information content (AvgIpc) is 3.02. The minimum Gasteiger partial charge on any atom is -0.268 e. The molecule has 0 atom stereocenters. The van der Waals surface area contributed by atoms with Crippen LogP contribution >= 0.6 is 11.8 Å². The second-order valence-electron chi connectivity index (χ2n) is 7.58. The summed E-state index contributed by atoms with van der Waals surface area (Å²) in [6, 6.07) is 22.2. The first-order valence-corrected chi connectivity index (χ1v) is 10.8. The van der Waals surface area contributed by atoms with Crippen LogP contribution in [0.1, 0.15) is 27.8 Å². The van der Waals surface area contributed by atoms with Crippen LogP contribution in [0.4, 0.5) is 11.4 Å². The smallest absolute Gasteiger partial charge is 0.268 e. The number of benzene rings is 3. The maximum atomic E-state index is 13.5. The monoisotopic (exact) mass is 412 g/mol. The van der Waals surface area contributed by atoms with E-state index in [9.17, 15) is 4.79 Å². The number of hydrogen-bond acceptors (Lipinski definition) is 3. The van der Waals surface area contributed by atoms with Crippen molar-refractivity contribution < 1.29 is 4.79 Å². The highest BCUT2D eigenvalue weighted by atomic mass is 32.2. The van der Waals surface area contributed by atoms with Crippen LogP contribution in [-0.2, 0) is 4.79 Å². The van der Waals surface area contributed by atoms with Gasteiger partial charge in [0.05, 0.1) is 16.3 Å². The molecule has 1 amide bonds. The summed E-state index contributed by atoms with van der Waals surface area (Å²) in [6.45, 7) is 8.18. The molecule has 0 aliphatic carbocycles. The fourth-order valence-corrected chi connectivity index (χ4v) is 4.40. The Kier molecular flexibility index (Phi) is 5.60. The number of aliphatic imine (C=N–C) groups is 1. The molecule has 0 saturated carbocycles. The summed E-state index contributed by atoms with van der Waals surface area (Å²) in [5.74, 6) is -0.0393. The van der Waals surface area contributed by atoms with Gasteiger partial charge in [0.15, 0.2) is 5.17 Å². The molecule has 4 rings (SSSR count). The highest BCUT2D eigenvalue weighted by Gasteiger charge is 2.35. The molecule has 3 nitrogen and oxygen atoms in total. The minimum absolute atomic E-state index is 0.0393. The van der Waals surface area contributed by atoms with E-state index in [2.05, 4.69) is 32.0 Å². The molecule has 3 aromatic rings. The Morgan fingerprint density at radius 1 is 0.833 bits per heavy atom. The highest BCUT2D eigenvalue weighted by Crippen LogP contribution is 2.39. The van der Waals surface area contributed by atoms with Crippen LogP contribution in [0.2, 0.25) is 0 Å². The zero-order chi connectivity index (χ0) is 21.3.